The van der Waals surface area contributed by atoms with E-state index >= 15 is 0 Å². The van der Waals surface area contributed by atoms with Gasteiger partial charge >= 0.3 is 6.01 Å². The highest BCUT2D eigenvalue weighted by atomic mass is 16.5. The highest BCUT2D eigenvalue weighted by Crippen LogP contribution is 2.17. The number of methoxy groups -OCH3 is 1. The molecule has 0 aliphatic rings. The van der Waals surface area contributed by atoms with Gasteiger partial charge in [-0.25, -0.2) is 0 Å². The van der Waals surface area contributed by atoms with Crippen LogP contribution in [0.5, 0.6) is 11.8 Å². The van der Waals surface area contributed by atoms with Gasteiger partial charge in [-0.3, -0.25) is 0 Å². The predicted octanol–water partition coefficient (Wildman–Crippen LogP) is 2.47. The Kier molecular flexibility index (Phi) is 4.94. The van der Waals surface area contributed by atoms with Crippen LogP contribution in [-0.4, -0.2) is 23.7 Å². The zero-order chi connectivity index (χ0) is 12.7. The molecule has 0 spiro atoms. The second-order valence-corrected chi connectivity index (χ2v) is 3.28. The summed E-state index contributed by atoms with van der Waals surface area (Å²) in [6, 6.07) is 0.334. The standard InChI is InChI=1S/C13H16N2O2/c1-5-7-11(6-2)9-17-12-8-14-13(16-4)15-10(12)3/h5-8H,1-2,9H2,3-4H3/b11-7+. The molecule has 90 valence electrons. The largest absolute Gasteiger partial charge is 0.485 e. The van der Waals surface area contributed by atoms with Gasteiger partial charge in [0.05, 0.1) is 19.0 Å². The van der Waals surface area contributed by atoms with E-state index in [-0.39, 0.29) is 0 Å². The van der Waals surface area contributed by atoms with Crippen molar-refractivity contribution >= 4 is 0 Å². The van der Waals surface area contributed by atoms with E-state index in [1.165, 1.54) is 7.11 Å². The summed E-state index contributed by atoms with van der Waals surface area (Å²) < 4.78 is 10.5. The van der Waals surface area contributed by atoms with Crippen molar-refractivity contribution in [3.63, 3.8) is 0 Å². The van der Waals surface area contributed by atoms with E-state index in [0.717, 1.165) is 11.3 Å². The maximum Gasteiger partial charge on any atom is 0.316 e. The lowest BCUT2D eigenvalue weighted by Crippen LogP contribution is -2.03. The van der Waals surface area contributed by atoms with Crippen LogP contribution in [0.15, 0.2) is 43.2 Å². The van der Waals surface area contributed by atoms with Crippen molar-refractivity contribution in [1.29, 1.82) is 0 Å². The minimum Gasteiger partial charge on any atom is -0.485 e. The van der Waals surface area contributed by atoms with E-state index < -0.39 is 0 Å². The zero-order valence-electron chi connectivity index (χ0n) is 10.1. The van der Waals surface area contributed by atoms with Gasteiger partial charge in [-0.15, -0.1) is 0 Å². The smallest absolute Gasteiger partial charge is 0.316 e. The molecule has 1 rings (SSSR count). The molecule has 0 N–H and O–H groups in total. The molecule has 1 aromatic rings. The number of allylic oxidation sites excluding steroid dienone is 2. The van der Waals surface area contributed by atoms with Gasteiger partial charge in [0.15, 0.2) is 5.75 Å². The maximum atomic E-state index is 5.57. The van der Waals surface area contributed by atoms with Crippen molar-refractivity contribution in [1.82, 2.24) is 9.97 Å². The molecular weight excluding hydrogens is 216 g/mol. The van der Waals surface area contributed by atoms with Crippen LogP contribution in [-0.2, 0) is 0 Å². The maximum absolute atomic E-state index is 5.57. The van der Waals surface area contributed by atoms with Crippen LogP contribution >= 0.6 is 0 Å². The molecule has 4 heteroatoms. The summed E-state index contributed by atoms with van der Waals surface area (Å²) in [5.74, 6) is 0.627. The minimum absolute atomic E-state index is 0.334. The summed E-state index contributed by atoms with van der Waals surface area (Å²) in [7, 11) is 1.53. The Balaban J connectivity index is 2.72. The summed E-state index contributed by atoms with van der Waals surface area (Å²) in [6.07, 6.45) is 6.85. The fraction of sp³-hybridized carbons (Fsp3) is 0.231. The van der Waals surface area contributed by atoms with Gasteiger partial charge in [0, 0.05) is 0 Å². The van der Waals surface area contributed by atoms with E-state index in [9.17, 15) is 0 Å². The molecule has 0 radical (unpaired) electrons. The first-order valence-electron chi connectivity index (χ1n) is 5.15. The average molecular weight is 232 g/mol. The van der Waals surface area contributed by atoms with E-state index in [1.807, 2.05) is 13.0 Å². The van der Waals surface area contributed by atoms with Crippen molar-refractivity contribution in [2.45, 2.75) is 6.92 Å². The van der Waals surface area contributed by atoms with Gasteiger partial charge < -0.3 is 9.47 Å². The van der Waals surface area contributed by atoms with Gasteiger partial charge in [-0.2, -0.15) is 9.97 Å². The molecule has 0 unspecified atom stereocenters. The highest BCUT2D eigenvalue weighted by Gasteiger charge is 2.04. The zero-order valence-corrected chi connectivity index (χ0v) is 10.1. The second kappa shape index (κ2) is 6.48. The van der Waals surface area contributed by atoms with Crippen molar-refractivity contribution in [3.05, 3.63) is 48.8 Å². The molecule has 4 nitrogen and oxygen atoms in total. The Labute approximate surface area is 101 Å². The first-order valence-corrected chi connectivity index (χ1v) is 5.15. The van der Waals surface area contributed by atoms with Crippen molar-refractivity contribution < 1.29 is 9.47 Å². The van der Waals surface area contributed by atoms with Crippen LogP contribution in [0.4, 0.5) is 0 Å². The molecule has 0 bridgehead atoms. The van der Waals surface area contributed by atoms with E-state index in [0.29, 0.717) is 18.4 Å². The summed E-state index contributed by atoms with van der Waals surface area (Å²) >= 11 is 0. The van der Waals surface area contributed by atoms with Gasteiger partial charge in [0.1, 0.15) is 6.61 Å². The van der Waals surface area contributed by atoms with Crippen LogP contribution in [0, 0.1) is 6.92 Å². The molecule has 0 aliphatic carbocycles. The number of aromatic nitrogens is 2. The number of ether oxygens (including phenoxy) is 2. The quantitative estimate of drug-likeness (QED) is 0.707. The fourth-order valence-electron chi connectivity index (χ4n) is 1.16. The molecule has 1 aromatic heterocycles. The van der Waals surface area contributed by atoms with Gasteiger partial charge in [0.25, 0.3) is 0 Å². The predicted molar refractivity (Wildman–Crippen MR) is 67.3 cm³/mol. The third kappa shape index (κ3) is 3.75. The Morgan fingerprint density at radius 1 is 1.47 bits per heavy atom. The molecule has 0 saturated heterocycles. The van der Waals surface area contributed by atoms with Crippen LogP contribution in [0.2, 0.25) is 0 Å². The topological polar surface area (TPSA) is 44.2 Å². The Morgan fingerprint density at radius 2 is 2.24 bits per heavy atom. The molecule has 0 atom stereocenters. The van der Waals surface area contributed by atoms with Gasteiger partial charge in [-0.05, 0) is 12.5 Å². The lowest BCUT2D eigenvalue weighted by atomic mass is 10.2. The summed E-state index contributed by atoms with van der Waals surface area (Å²) in [5, 5.41) is 0. The summed E-state index contributed by atoms with van der Waals surface area (Å²) in [6.45, 7) is 9.56. The number of aryl methyl sites for hydroxylation is 1. The number of rotatable bonds is 6. The summed E-state index contributed by atoms with van der Waals surface area (Å²) in [4.78, 5) is 8.10. The van der Waals surface area contributed by atoms with Crippen LogP contribution in [0.25, 0.3) is 0 Å². The lowest BCUT2D eigenvalue weighted by molar-refractivity contribution is 0.339. The SMILES string of the molecule is C=C/C=C(\C=C)COc1cnc(OC)nc1C. The number of hydrogen-bond acceptors (Lipinski definition) is 4. The first kappa shape index (κ1) is 13.0. The lowest BCUT2D eigenvalue weighted by Gasteiger charge is -2.08. The second-order valence-electron chi connectivity index (χ2n) is 3.28. The molecule has 0 saturated carbocycles. The van der Waals surface area contributed by atoms with Crippen molar-refractivity contribution in [2.24, 2.45) is 0 Å². The third-order valence-electron chi connectivity index (χ3n) is 2.08. The number of nitrogens with zero attached hydrogens (tertiary/aromatic N) is 2. The van der Waals surface area contributed by atoms with Crippen LogP contribution in [0.1, 0.15) is 5.69 Å². The van der Waals surface area contributed by atoms with Crippen molar-refractivity contribution in [3.8, 4) is 11.8 Å². The molecule has 17 heavy (non-hydrogen) atoms. The molecule has 0 amide bonds. The molecule has 1 heterocycles. The van der Waals surface area contributed by atoms with Gasteiger partial charge in [-0.1, -0.05) is 31.4 Å². The van der Waals surface area contributed by atoms with Crippen LogP contribution < -0.4 is 9.47 Å². The monoisotopic (exact) mass is 232 g/mol. The Bertz CT molecular complexity index is 439. The van der Waals surface area contributed by atoms with E-state index in [2.05, 4.69) is 23.1 Å². The number of hydrogen-bond donors (Lipinski definition) is 0. The molecule has 0 aliphatic heterocycles. The molecular formula is C13H16N2O2. The van der Waals surface area contributed by atoms with E-state index in [1.54, 1.807) is 18.3 Å². The molecule has 0 aromatic carbocycles. The van der Waals surface area contributed by atoms with Crippen LogP contribution in [0.3, 0.4) is 0 Å². The fourth-order valence-corrected chi connectivity index (χ4v) is 1.16. The normalized spacial score (nSPS) is 10.8. The first-order chi connectivity index (χ1) is 8.21. The highest BCUT2D eigenvalue weighted by molar-refractivity contribution is 5.27. The Morgan fingerprint density at radius 3 is 2.76 bits per heavy atom. The summed E-state index contributed by atoms with van der Waals surface area (Å²) in [5.41, 5.74) is 1.68. The Hall–Kier alpha value is -2.10. The third-order valence-corrected chi connectivity index (χ3v) is 2.08. The average Bonchev–Trinajstić information content (AvgIpc) is 2.35. The van der Waals surface area contributed by atoms with Gasteiger partial charge in [0.2, 0.25) is 0 Å². The van der Waals surface area contributed by atoms with Crippen molar-refractivity contribution in [2.75, 3.05) is 13.7 Å². The minimum atomic E-state index is 0.334. The molecule has 0 fully saturated rings. The van der Waals surface area contributed by atoms with E-state index in [4.69, 9.17) is 9.47 Å².